The van der Waals surface area contributed by atoms with Crippen LogP contribution in [-0.4, -0.2) is 40.2 Å². The van der Waals surface area contributed by atoms with Crippen LogP contribution in [0.2, 0.25) is 0 Å². The van der Waals surface area contributed by atoms with Gasteiger partial charge in [0.2, 0.25) is 0 Å². The van der Waals surface area contributed by atoms with Gasteiger partial charge in [-0.05, 0) is 30.4 Å². The maximum absolute atomic E-state index is 4.28. The number of nitrogens with zero attached hydrogens (tertiary/aromatic N) is 4. The van der Waals surface area contributed by atoms with Crippen molar-refractivity contribution >= 4 is 40.8 Å². The van der Waals surface area contributed by atoms with Crippen molar-refractivity contribution in [3.8, 4) is 0 Å². The Balaban J connectivity index is 0.00000243. The number of nitrogens with one attached hydrogen (secondary N) is 2. The lowest BCUT2D eigenvalue weighted by Gasteiger charge is -2.12. The van der Waals surface area contributed by atoms with Crippen LogP contribution >= 0.6 is 24.0 Å². The molecule has 0 fully saturated rings. The molecule has 0 saturated heterocycles. The molecule has 3 aromatic rings. The van der Waals surface area contributed by atoms with Crippen LogP contribution in [0.25, 0.3) is 10.9 Å². The minimum Gasteiger partial charge on any atom is -0.356 e. The summed E-state index contributed by atoms with van der Waals surface area (Å²) in [4.78, 5) is 8.32. The van der Waals surface area contributed by atoms with E-state index in [0.29, 0.717) is 0 Å². The molecular weight excluding hydrogens is 439 g/mol. The van der Waals surface area contributed by atoms with Gasteiger partial charge in [0.1, 0.15) is 0 Å². The lowest BCUT2D eigenvalue weighted by atomic mass is 10.2. The molecule has 0 saturated carbocycles. The number of guanidine groups is 1. The molecular formula is C19H27IN6. The van der Waals surface area contributed by atoms with E-state index in [1.165, 1.54) is 10.9 Å². The van der Waals surface area contributed by atoms with Gasteiger partial charge in [0, 0.05) is 57.3 Å². The van der Waals surface area contributed by atoms with Gasteiger partial charge in [0.15, 0.2) is 5.96 Å². The Morgan fingerprint density at radius 1 is 1.04 bits per heavy atom. The van der Waals surface area contributed by atoms with Gasteiger partial charge in [-0.25, -0.2) is 4.98 Å². The number of rotatable bonds is 8. The zero-order chi connectivity index (χ0) is 17.3. The highest BCUT2D eigenvalue weighted by atomic mass is 127. The van der Waals surface area contributed by atoms with Crippen LogP contribution < -0.4 is 10.6 Å². The molecule has 0 radical (unpaired) electrons. The molecule has 6 nitrogen and oxygen atoms in total. The summed E-state index contributed by atoms with van der Waals surface area (Å²) in [7, 11) is 1.81. The molecule has 0 spiro atoms. The number of aliphatic imine (C=N–C) groups is 1. The SMILES string of the molecule is CN=C(NCCCn1ccnc1)NCCCn1ccc2ccccc21.I. The summed E-state index contributed by atoms with van der Waals surface area (Å²) >= 11 is 0. The lowest BCUT2D eigenvalue weighted by Crippen LogP contribution is -2.38. The third-order valence-corrected chi connectivity index (χ3v) is 4.22. The summed E-state index contributed by atoms with van der Waals surface area (Å²) in [6.07, 6.45) is 9.88. The molecule has 0 unspecified atom stereocenters. The number of benzene rings is 1. The molecule has 2 aromatic heterocycles. The second-order valence-corrected chi connectivity index (χ2v) is 6.00. The number of hydrogen-bond donors (Lipinski definition) is 2. The first kappa shape index (κ1) is 20.3. The fraction of sp³-hybridized carbons (Fsp3) is 0.368. The Morgan fingerprint density at radius 2 is 1.81 bits per heavy atom. The van der Waals surface area contributed by atoms with Crippen molar-refractivity contribution < 1.29 is 0 Å². The van der Waals surface area contributed by atoms with Gasteiger partial charge >= 0.3 is 0 Å². The molecule has 2 N–H and O–H groups in total. The second kappa shape index (κ2) is 10.8. The van der Waals surface area contributed by atoms with E-state index in [9.17, 15) is 0 Å². The zero-order valence-electron chi connectivity index (χ0n) is 15.1. The fourth-order valence-corrected chi connectivity index (χ4v) is 2.90. The maximum Gasteiger partial charge on any atom is 0.190 e. The monoisotopic (exact) mass is 466 g/mol. The normalized spacial score (nSPS) is 11.3. The molecule has 0 atom stereocenters. The van der Waals surface area contributed by atoms with Gasteiger partial charge in [0.05, 0.1) is 6.33 Å². The van der Waals surface area contributed by atoms with Crippen LogP contribution in [0.15, 0.2) is 60.2 Å². The topological polar surface area (TPSA) is 59.2 Å². The Bertz CT molecular complexity index is 793. The third kappa shape index (κ3) is 5.76. The highest BCUT2D eigenvalue weighted by Crippen LogP contribution is 2.15. The second-order valence-electron chi connectivity index (χ2n) is 6.00. The Labute approximate surface area is 171 Å². The number of para-hydroxylation sites is 1. The molecule has 1 aromatic carbocycles. The summed E-state index contributed by atoms with van der Waals surface area (Å²) in [6, 6.07) is 10.7. The first-order valence-electron chi connectivity index (χ1n) is 8.81. The highest BCUT2D eigenvalue weighted by molar-refractivity contribution is 14.0. The molecule has 0 aliphatic heterocycles. The largest absolute Gasteiger partial charge is 0.356 e. The average molecular weight is 466 g/mol. The van der Waals surface area contributed by atoms with Crippen molar-refractivity contribution in [2.45, 2.75) is 25.9 Å². The Kier molecular flexibility index (Phi) is 8.46. The lowest BCUT2D eigenvalue weighted by molar-refractivity contribution is 0.614. The highest BCUT2D eigenvalue weighted by Gasteiger charge is 2.00. The van der Waals surface area contributed by atoms with Gasteiger partial charge in [-0.2, -0.15) is 0 Å². The number of fused-ring (bicyclic) bond motifs is 1. The molecule has 140 valence electrons. The quantitative estimate of drug-likeness (QED) is 0.232. The predicted molar refractivity (Wildman–Crippen MR) is 118 cm³/mol. The standard InChI is InChI=1S/C19H26N6.HI/c1-20-19(22-9-4-12-24-15-11-21-16-24)23-10-5-13-25-14-8-17-6-2-3-7-18(17)25;/h2-3,6-8,11,14-16H,4-5,9-10,12-13H2,1H3,(H2,20,22,23);1H. The van der Waals surface area contributed by atoms with Gasteiger partial charge in [0.25, 0.3) is 0 Å². The summed E-state index contributed by atoms with van der Waals surface area (Å²) in [5.74, 6) is 0.864. The van der Waals surface area contributed by atoms with Crippen molar-refractivity contribution in [1.29, 1.82) is 0 Å². The Morgan fingerprint density at radius 3 is 2.54 bits per heavy atom. The third-order valence-electron chi connectivity index (χ3n) is 4.22. The first-order chi connectivity index (χ1) is 12.4. The number of imidazole rings is 1. The van der Waals surface area contributed by atoms with E-state index in [2.05, 4.69) is 66.3 Å². The summed E-state index contributed by atoms with van der Waals surface area (Å²) in [6.45, 7) is 3.75. The van der Waals surface area contributed by atoms with E-state index in [-0.39, 0.29) is 24.0 Å². The van der Waals surface area contributed by atoms with Gasteiger partial charge in [-0.15, -0.1) is 24.0 Å². The van der Waals surface area contributed by atoms with Crippen LogP contribution in [0.1, 0.15) is 12.8 Å². The number of aromatic nitrogens is 3. The molecule has 7 heteroatoms. The van der Waals surface area contributed by atoms with Gasteiger partial charge in [-0.1, -0.05) is 18.2 Å². The zero-order valence-corrected chi connectivity index (χ0v) is 17.5. The van der Waals surface area contributed by atoms with Gasteiger partial charge in [-0.3, -0.25) is 4.99 Å². The number of halogens is 1. The summed E-state index contributed by atoms with van der Waals surface area (Å²) in [5.41, 5.74) is 1.30. The summed E-state index contributed by atoms with van der Waals surface area (Å²) in [5, 5.41) is 8.03. The molecule has 3 rings (SSSR count). The smallest absolute Gasteiger partial charge is 0.190 e. The van der Waals surface area contributed by atoms with Gasteiger partial charge < -0.3 is 19.8 Å². The molecule has 26 heavy (non-hydrogen) atoms. The van der Waals surface area contributed by atoms with E-state index in [0.717, 1.165) is 45.0 Å². The van der Waals surface area contributed by atoms with E-state index >= 15 is 0 Å². The molecule has 2 heterocycles. The summed E-state index contributed by atoms with van der Waals surface area (Å²) < 4.78 is 4.39. The van der Waals surface area contributed by atoms with Crippen LogP contribution in [0.3, 0.4) is 0 Å². The fourth-order valence-electron chi connectivity index (χ4n) is 2.90. The van der Waals surface area contributed by atoms with E-state index in [4.69, 9.17) is 0 Å². The van der Waals surface area contributed by atoms with E-state index in [1.54, 1.807) is 0 Å². The van der Waals surface area contributed by atoms with Crippen molar-refractivity contribution in [2.24, 2.45) is 4.99 Å². The minimum atomic E-state index is 0. The van der Waals surface area contributed by atoms with Crippen molar-refractivity contribution in [3.05, 3.63) is 55.2 Å². The van der Waals surface area contributed by atoms with Crippen LogP contribution in [-0.2, 0) is 13.1 Å². The first-order valence-corrected chi connectivity index (χ1v) is 8.81. The molecule has 0 amide bonds. The Hall–Kier alpha value is -2.03. The van der Waals surface area contributed by atoms with Crippen molar-refractivity contribution in [1.82, 2.24) is 24.8 Å². The van der Waals surface area contributed by atoms with Crippen molar-refractivity contribution in [2.75, 3.05) is 20.1 Å². The maximum atomic E-state index is 4.28. The molecule has 0 bridgehead atoms. The average Bonchev–Trinajstić information content (AvgIpc) is 3.30. The predicted octanol–water partition coefficient (Wildman–Crippen LogP) is 3.10. The van der Waals surface area contributed by atoms with Crippen molar-refractivity contribution in [3.63, 3.8) is 0 Å². The van der Waals surface area contributed by atoms with Crippen LogP contribution in [0.4, 0.5) is 0 Å². The molecule has 0 aliphatic carbocycles. The van der Waals surface area contributed by atoms with Crippen LogP contribution in [0, 0.1) is 0 Å². The minimum absolute atomic E-state index is 0. The number of hydrogen-bond acceptors (Lipinski definition) is 2. The van der Waals surface area contributed by atoms with E-state index < -0.39 is 0 Å². The van der Waals surface area contributed by atoms with E-state index in [1.807, 2.05) is 25.8 Å². The molecule has 0 aliphatic rings. The van der Waals surface area contributed by atoms with Crippen LogP contribution in [0.5, 0.6) is 0 Å². The number of aryl methyl sites for hydroxylation is 2.